The quantitative estimate of drug-likeness (QED) is 0.782. The van der Waals surface area contributed by atoms with Crippen LogP contribution in [0, 0.1) is 0 Å². The minimum Gasteiger partial charge on any atom is -0.383 e. The summed E-state index contributed by atoms with van der Waals surface area (Å²) in [5, 5.41) is 20.7. The summed E-state index contributed by atoms with van der Waals surface area (Å²) in [7, 11) is 0. The molecule has 0 fully saturated rings. The van der Waals surface area contributed by atoms with Crippen LogP contribution in [-0.2, 0) is 6.54 Å². The second-order valence-corrected chi connectivity index (χ2v) is 5.81. The number of benzene rings is 1. The van der Waals surface area contributed by atoms with Gasteiger partial charge in [-0.3, -0.25) is 0 Å². The second kappa shape index (κ2) is 5.73. The first-order chi connectivity index (χ1) is 9.79. The molecule has 0 aliphatic rings. The largest absolute Gasteiger partial charge is 0.383 e. The standard InChI is InChI=1S/C15H17N3OS/c1-2-3-8-18-13-7-6-11(10-12(13)16-17-18)15(19)14-5-4-9-20-14/h4-7,9-10,15,19H,2-3,8H2,1H3. The molecular weight excluding hydrogens is 270 g/mol. The van der Waals surface area contributed by atoms with E-state index < -0.39 is 6.10 Å². The Labute approximate surface area is 121 Å². The lowest BCUT2D eigenvalue weighted by molar-refractivity contribution is 0.224. The van der Waals surface area contributed by atoms with Crippen molar-refractivity contribution >= 4 is 22.4 Å². The maximum atomic E-state index is 10.3. The van der Waals surface area contributed by atoms with Gasteiger partial charge in [-0.1, -0.05) is 30.7 Å². The van der Waals surface area contributed by atoms with Gasteiger partial charge in [0.25, 0.3) is 0 Å². The molecule has 20 heavy (non-hydrogen) atoms. The molecule has 2 heterocycles. The van der Waals surface area contributed by atoms with E-state index in [0.717, 1.165) is 40.9 Å². The number of thiophene rings is 1. The lowest BCUT2D eigenvalue weighted by Crippen LogP contribution is -2.00. The van der Waals surface area contributed by atoms with Crippen LogP contribution < -0.4 is 0 Å². The molecule has 0 aliphatic heterocycles. The summed E-state index contributed by atoms with van der Waals surface area (Å²) in [5.41, 5.74) is 2.73. The highest BCUT2D eigenvalue weighted by atomic mass is 32.1. The topological polar surface area (TPSA) is 50.9 Å². The van der Waals surface area contributed by atoms with Crippen LogP contribution in [0.2, 0.25) is 0 Å². The molecule has 1 unspecified atom stereocenters. The Hall–Kier alpha value is -1.72. The Morgan fingerprint density at radius 2 is 2.25 bits per heavy atom. The summed E-state index contributed by atoms with van der Waals surface area (Å²) < 4.78 is 1.93. The molecule has 3 rings (SSSR count). The number of nitrogens with zero attached hydrogens (tertiary/aromatic N) is 3. The first kappa shape index (κ1) is 13.3. The first-order valence-corrected chi connectivity index (χ1v) is 7.72. The number of hydrogen-bond acceptors (Lipinski definition) is 4. The molecule has 104 valence electrons. The molecule has 5 heteroatoms. The third-order valence-corrected chi connectivity index (χ3v) is 4.31. The van der Waals surface area contributed by atoms with Gasteiger partial charge in [-0.2, -0.15) is 0 Å². The maximum Gasteiger partial charge on any atom is 0.113 e. The lowest BCUT2D eigenvalue weighted by atomic mass is 10.1. The van der Waals surface area contributed by atoms with Crippen LogP contribution in [0.25, 0.3) is 11.0 Å². The lowest BCUT2D eigenvalue weighted by Gasteiger charge is -2.08. The van der Waals surface area contributed by atoms with E-state index >= 15 is 0 Å². The van der Waals surface area contributed by atoms with Crippen LogP contribution in [0.3, 0.4) is 0 Å². The highest BCUT2D eigenvalue weighted by Crippen LogP contribution is 2.27. The summed E-state index contributed by atoms with van der Waals surface area (Å²) in [6.07, 6.45) is 1.65. The summed E-state index contributed by atoms with van der Waals surface area (Å²) in [5.74, 6) is 0. The van der Waals surface area contributed by atoms with Crippen LogP contribution >= 0.6 is 11.3 Å². The predicted octanol–water partition coefficient (Wildman–Crippen LogP) is 3.37. The number of unbranched alkanes of at least 4 members (excludes halogenated alkanes) is 1. The SMILES string of the molecule is CCCCn1nnc2cc(C(O)c3cccs3)ccc21. The van der Waals surface area contributed by atoms with E-state index in [-0.39, 0.29) is 0 Å². The van der Waals surface area contributed by atoms with Crippen LogP contribution in [0.4, 0.5) is 0 Å². The van der Waals surface area contributed by atoms with E-state index in [2.05, 4.69) is 17.2 Å². The maximum absolute atomic E-state index is 10.3. The number of hydrogen-bond donors (Lipinski definition) is 1. The van der Waals surface area contributed by atoms with E-state index in [1.165, 1.54) is 0 Å². The molecule has 4 nitrogen and oxygen atoms in total. The van der Waals surface area contributed by atoms with Crippen molar-refractivity contribution in [2.75, 3.05) is 0 Å². The van der Waals surface area contributed by atoms with Gasteiger partial charge in [0, 0.05) is 11.4 Å². The Morgan fingerprint density at radius 3 is 3.00 bits per heavy atom. The van der Waals surface area contributed by atoms with Crippen molar-refractivity contribution in [2.45, 2.75) is 32.4 Å². The van der Waals surface area contributed by atoms with Crippen molar-refractivity contribution in [1.82, 2.24) is 15.0 Å². The van der Waals surface area contributed by atoms with Gasteiger partial charge in [0.1, 0.15) is 11.6 Å². The van der Waals surface area contributed by atoms with E-state index in [4.69, 9.17) is 0 Å². The summed E-state index contributed by atoms with van der Waals surface area (Å²) >= 11 is 1.56. The van der Waals surface area contributed by atoms with Crippen LogP contribution in [-0.4, -0.2) is 20.1 Å². The molecule has 0 bridgehead atoms. The third-order valence-electron chi connectivity index (χ3n) is 3.39. The number of aliphatic hydroxyl groups excluding tert-OH is 1. The molecule has 0 saturated carbocycles. The van der Waals surface area contributed by atoms with E-state index in [1.54, 1.807) is 11.3 Å². The molecule has 0 radical (unpaired) electrons. The smallest absolute Gasteiger partial charge is 0.113 e. The Bertz CT molecular complexity index is 690. The minimum absolute atomic E-state index is 0.583. The molecule has 0 amide bonds. The Morgan fingerprint density at radius 1 is 1.35 bits per heavy atom. The van der Waals surface area contributed by atoms with Gasteiger partial charge in [0.15, 0.2) is 0 Å². The van der Waals surface area contributed by atoms with E-state index in [1.807, 2.05) is 40.4 Å². The molecule has 3 aromatic rings. The highest BCUT2D eigenvalue weighted by Gasteiger charge is 2.13. The number of aromatic nitrogens is 3. The number of fused-ring (bicyclic) bond motifs is 1. The molecule has 1 N–H and O–H groups in total. The summed E-state index contributed by atoms with van der Waals surface area (Å²) in [6.45, 7) is 3.05. The molecule has 0 aliphatic carbocycles. The fraction of sp³-hybridized carbons (Fsp3) is 0.333. The average molecular weight is 287 g/mol. The van der Waals surface area contributed by atoms with Crippen LogP contribution in [0.1, 0.15) is 36.3 Å². The normalized spacial score (nSPS) is 12.9. The molecule has 0 saturated heterocycles. The zero-order valence-electron chi connectivity index (χ0n) is 11.4. The van der Waals surface area contributed by atoms with Gasteiger partial charge in [-0.15, -0.1) is 16.4 Å². The van der Waals surface area contributed by atoms with Crippen LogP contribution in [0.5, 0.6) is 0 Å². The van der Waals surface area contributed by atoms with Crippen LogP contribution in [0.15, 0.2) is 35.7 Å². The first-order valence-electron chi connectivity index (χ1n) is 6.84. The van der Waals surface area contributed by atoms with Crippen molar-refractivity contribution in [3.8, 4) is 0 Å². The van der Waals surface area contributed by atoms with Gasteiger partial charge < -0.3 is 5.11 Å². The van der Waals surface area contributed by atoms with Crippen molar-refractivity contribution in [1.29, 1.82) is 0 Å². The van der Waals surface area contributed by atoms with Crippen molar-refractivity contribution in [3.63, 3.8) is 0 Å². The Balaban J connectivity index is 1.91. The monoisotopic (exact) mass is 287 g/mol. The average Bonchev–Trinajstić information content (AvgIpc) is 3.13. The second-order valence-electron chi connectivity index (χ2n) is 4.83. The van der Waals surface area contributed by atoms with Gasteiger partial charge >= 0.3 is 0 Å². The molecule has 1 aromatic carbocycles. The molecule has 1 atom stereocenters. The van der Waals surface area contributed by atoms with Gasteiger partial charge in [0.2, 0.25) is 0 Å². The minimum atomic E-state index is -0.583. The molecule has 2 aromatic heterocycles. The summed E-state index contributed by atoms with van der Waals surface area (Å²) in [4.78, 5) is 0.947. The van der Waals surface area contributed by atoms with Crippen molar-refractivity contribution in [2.24, 2.45) is 0 Å². The number of aryl methyl sites for hydroxylation is 1. The van der Waals surface area contributed by atoms with Gasteiger partial charge in [-0.25, -0.2) is 4.68 Å². The highest BCUT2D eigenvalue weighted by molar-refractivity contribution is 7.10. The van der Waals surface area contributed by atoms with Gasteiger partial charge in [-0.05, 0) is 35.6 Å². The Kier molecular flexibility index (Phi) is 3.80. The zero-order valence-corrected chi connectivity index (χ0v) is 12.2. The molecular formula is C15H17N3OS. The summed E-state index contributed by atoms with van der Waals surface area (Å²) in [6, 6.07) is 9.77. The van der Waals surface area contributed by atoms with E-state index in [9.17, 15) is 5.11 Å². The number of aliphatic hydroxyl groups is 1. The molecule has 0 spiro atoms. The third kappa shape index (κ3) is 2.46. The fourth-order valence-electron chi connectivity index (χ4n) is 2.24. The fourth-order valence-corrected chi connectivity index (χ4v) is 2.98. The predicted molar refractivity (Wildman–Crippen MR) is 80.8 cm³/mol. The zero-order chi connectivity index (χ0) is 13.9. The van der Waals surface area contributed by atoms with E-state index in [0.29, 0.717) is 0 Å². The van der Waals surface area contributed by atoms with Crippen molar-refractivity contribution < 1.29 is 5.11 Å². The number of rotatable bonds is 5. The van der Waals surface area contributed by atoms with Gasteiger partial charge in [0.05, 0.1) is 5.52 Å². The van der Waals surface area contributed by atoms with Crippen molar-refractivity contribution in [3.05, 3.63) is 46.2 Å².